The number of hydrogen-bond acceptors (Lipinski definition) is 3. The molecule has 20 heavy (non-hydrogen) atoms. The smallest absolute Gasteiger partial charge is 0.240 e. The molecule has 1 aromatic rings. The molecule has 0 heterocycles. The van der Waals surface area contributed by atoms with Crippen LogP contribution in [0.4, 0.5) is 0 Å². The Morgan fingerprint density at radius 1 is 1.25 bits per heavy atom. The van der Waals surface area contributed by atoms with E-state index in [1.54, 1.807) is 0 Å². The highest BCUT2D eigenvalue weighted by Gasteiger charge is 2.24. The largest absolute Gasteiger partial charge is 0.368 e. The maximum Gasteiger partial charge on any atom is 0.240 e. The Kier molecular flexibility index (Phi) is 6.16. The molecule has 6 heteroatoms. The second kappa shape index (κ2) is 7.40. The number of halogens is 1. The van der Waals surface area contributed by atoms with E-state index in [-0.39, 0.29) is 18.4 Å². The number of nitrogens with two attached hydrogens (primary N) is 2. The zero-order chi connectivity index (χ0) is 15.3. The fourth-order valence-corrected chi connectivity index (χ4v) is 1.97. The van der Waals surface area contributed by atoms with Crippen molar-refractivity contribution < 1.29 is 9.59 Å². The predicted molar refractivity (Wildman–Crippen MR) is 81.6 cm³/mol. The lowest BCUT2D eigenvalue weighted by atomic mass is 10.0. The van der Waals surface area contributed by atoms with Gasteiger partial charge in [0.05, 0.1) is 12.6 Å². The van der Waals surface area contributed by atoms with Crippen LogP contribution in [0, 0.1) is 5.92 Å². The Labute approximate surface area is 127 Å². The van der Waals surface area contributed by atoms with Crippen molar-refractivity contribution >= 4 is 27.7 Å². The van der Waals surface area contributed by atoms with E-state index in [2.05, 4.69) is 15.9 Å². The molecule has 0 aliphatic rings. The van der Waals surface area contributed by atoms with Crippen molar-refractivity contribution in [2.45, 2.75) is 26.4 Å². The summed E-state index contributed by atoms with van der Waals surface area (Å²) in [5, 5.41) is 0. The minimum absolute atomic E-state index is 0.00259. The highest BCUT2D eigenvalue weighted by Crippen LogP contribution is 2.13. The van der Waals surface area contributed by atoms with Gasteiger partial charge in [-0.25, -0.2) is 0 Å². The SMILES string of the molecule is CC(C)[C@@H](N)C(=O)N(CC(N)=O)Cc1ccc(Br)cc1. The second-order valence-corrected chi connectivity index (χ2v) is 5.97. The van der Waals surface area contributed by atoms with Gasteiger partial charge in [-0.2, -0.15) is 0 Å². The lowest BCUT2D eigenvalue weighted by Gasteiger charge is -2.26. The first kappa shape index (κ1) is 16.7. The van der Waals surface area contributed by atoms with Gasteiger partial charge in [-0.3, -0.25) is 9.59 Å². The Balaban J connectivity index is 2.86. The minimum atomic E-state index is -0.634. The first-order valence-corrected chi connectivity index (χ1v) is 7.17. The Hall–Kier alpha value is -1.40. The lowest BCUT2D eigenvalue weighted by molar-refractivity contribution is -0.137. The van der Waals surface area contributed by atoms with Crippen LogP contribution in [0.3, 0.4) is 0 Å². The average Bonchev–Trinajstić information content (AvgIpc) is 2.38. The third kappa shape index (κ3) is 4.94. The molecule has 0 aromatic heterocycles. The van der Waals surface area contributed by atoms with E-state index in [1.165, 1.54) is 4.90 Å². The monoisotopic (exact) mass is 341 g/mol. The van der Waals surface area contributed by atoms with E-state index >= 15 is 0 Å². The third-order valence-electron chi connectivity index (χ3n) is 2.95. The van der Waals surface area contributed by atoms with Gasteiger partial charge in [0.1, 0.15) is 0 Å². The van der Waals surface area contributed by atoms with Crippen LogP contribution in [0.2, 0.25) is 0 Å². The molecule has 0 fully saturated rings. The normalized spacial score (nSPS) is 12.2. The molecule has 1 rings (SSSR count). The highest BCUT2D eigenvalue weighted by molar-refractivity contribution is 9.10. The van der Waals surface area contributed by atoms with E-state index in [9.17, 15) is 9.59 Å². The molecule has 5 nitrogen and oxygen atoms in total. The number of amides is 2. The molecule has 0 saturated carbocycles. The van der Waals surface area contributed by atoms with Gasteiger partial charge < -0.3 is 16.4 Å². The van der Waals surface area contributed by atoms with E-state index < -0.39 is 11.9 Å². The molecule has 1 aromatic carbocycles. The Morgan fingerprint density at radius 3 is 2.25 bits per heavy atom. The van der Waals surface area contributed by atoms with Crippen molar-refractivity contribution in [1.29, 1.82) is 0 Å². The fraction of sp³-hybridized carbons (Fsp3) is 0.429. The first-order chi connectivity index (χ1) is 9.31. The topological polar surface area (TPSA) is 89.4 Å². The lowest BCUT2D eigenvalue weighted by Crippen LogP contribution is -2.48. The summed E-state index contributed by atoms with van der Waals surface area (Å²) >= 11 is 3.35. The Bertz CT molecular complexity index is 474. The van der Waals surface area contributed by atoms with Crippen LogP contribution in [0.1, 0.15) is 19.4 Å². The first-order valence-electron chi connectivity index (χ1n) is 6.38. The second-order valence-electron chi connectivity index (χ2n) is 5.06. The summed E-state index contributed by atoms with van der Waals surface area (Å²) in [4.78, 5) is 24.8. The van der Waals surface area contributed by atoms with Gasteiger partial charge in [0.15, 0.2) is 0 Å². The number of hydrogen-bond donors (Lipinski definition) is 2. The van der Waals surface area contributed by atoms with Gasteiger partial charge >= 0.3 is 0 Å². The molecule has 0 bridgehead atoms. The van der Waals surface area contributed by atoms with Crippen LogP contribution >= 0.6 is 15.9 Å². The summed E-state index contributed by atoms with van der Waals surface area (Å²) in [5.41, 5.74) is 12.0. The zero-order valence-corrected chi connectivity index (χ0v) is 13.3. The molecule has 0 aliphatic carbocycles. The van der Waals surface area contributed by atoms with Crippen LogP contribution in [-0.4, -0.2) is 29.3 Å². The predicted octanol–water partition coefficient (Wildman–Crippen LogP) is 1.25. The number of rotatable bonds is 6. The van der Waals surface area contributed by atoms with Gasteiger partial charge in [0, 0.05) is 11.0 Å². The molecule has 0 spiro atoms. The summed E-state index contributed by atoms with van der Waals surface area (Å²) in [6, 6.07) is 6.89. The molecule has 110 valence electrons. The molecule has 0 unspecified atom stereocenters. The summed E-state index contributed by atoms with van der Waals surface area (Å²) in [6.45, 7) is 3.92. The molecule has 2 amide bonds. The zero-order valence-electron chi connectivity index (χ0n) is 11.7. The van der Waals surface area contributed by atoms with Crippen LogP contribution < -0.4 is 11.5 Å². The van der Waals surface area contributed by atoms with Crippen molar-refractivity contribution in [3.05, 3.63) is 34.3 Å². The summed E-state index contributed by atoms with van der Waals surface area (Å²) in [6.07, 6.45) is 0. The fourth-order valence-electron chi connectivity index (χ4n) is 1.71. The van der Waals surface area contributed by atoms with Gasteiger partial charge in [0.25, 0.3) is 0 Å². The molecule has 4 N–H and O–H groups in total. The highest BCUT2D eigenvalue weighted by atomic mass is 79.9. The molecular weight excluding hydrogens is 322 g/mol. The van der Waals surface area contributed by atoms with Crippen molar-refractivity contribution in [2.24, 2.45) is 17.4 Å². The van der Waals surface area contributed by atoms with E-state index in [0.29, 0.717) is 6.54 Å². The Morgan fingerprint density at radius 2 is 1.80 bits per heavy atom. The standard InChI is InChI=1S/C14H20BrN3O2/c1-9(2)13(17)14(20)18(8-12(16)19)7-10-3-5-11(15)6-4-10/h3-6,9,13H,7-8,17H2,1-2H3,(H2,16,19)/t13-/m1/s1. The number of benzene rings is 1. The van der Waals surface area contributed by atoms with Crippen LogP contribution in [0.25, 0.3) is 0 Å². The number of carbonyl (C=O) groups excluding carboxylic acids is 2. The molecule has 1 atom stereocenters. The summed E-state index contributed by atoms with van der Waals surface area (Å²) < 4.78 is 0.952. The van der Waals surface area contributed by atoms with Crippen molar-refractivity contribution in [2.75, 3.05) is 6.54 Å². The van der Waals surface area contributed by atoms with E-state index in [4.69, 9.17) is 11.5 Å². The quantitative estimate of drug-likeness (QED) is 0.815. The van der Waals surface area contributed by atoms with Gasteiger partial charge in [-0.1, -0.05) is 41.9 Å². The number of carbonyl (C=O) groups is 2. The molecule has 0 saturated heterocycles. The van der Waals surface area contributed by atoms with Crippen LogP contribution in [0.15, 0.2) is 28.7 Å². The number of nitrogens with zero attached hydrogens (tertiary/aromatic N) is 1. The minimum Gasteiger partial charge on any atom is -0.368 e. The maximum atomic E-state index is 12.3. The van der Waals surface area contributed by atoms with Crippen LogP contribution in [0.5, 0.6) is 0 Å². The average molecular weight is 342 g/mol. The van der Waals surface area contributed by atoms with Gasteiger partial charge in [-0.15, -0.1) is 0 Å². The van der Waals surface area contributed by atoms with Crippen molar-refractivity contribution in [3.63, 3.8) is 0 Å². The molecule has 0 aliphatic heterocycles. The molecular formula is C14H20BrN3O2. The van der Waals surface area contributed by atoms with Crippen molar-refractivity contribution in [1.82, 2.24) is 4.90 Å². The maximum absolute atomic E-state index is 12.3. The van der Waals surface area contributed by atoms with Gasteiger partial charge in [0.2, 0.25) is 11.8 Å². The third-order valence-corrected chi connectivity index (χ3v) is 3.48. The number of primary amides is 1. The molecule has 0 radical (unpaired) electrons. The van der Waals surface area contributed by atoms with Crippen molar-refractivity contribution in [3.8, 4) is 0 Å². The van der Waals surface area contributed by atoms with E-state index in [0.717, 1.165) is 10.0 Å². The summed E-state index contributed by atoms with van der Waals surface area (Å²) in [7, 11) is 0. The summed E-state index contributed by atoms with van der Waals surface area (Å²) in [5.74, 6) is -0.809. The van der Waals surface area contributed by atoms with Gasteiger partial charge in [-0.05, 0) is 23.6 Å². The van der Waals surface area contributed by atoms with E-state index in [1.807, 2.05) is 38.1 Å². The van der Waals surface area contributed by atoms with Crippen LogP contribution in [-0.2, 0) is 16.1 Å².